The molecule has 1 aliphatic heterocycles. The Balaban J connectivity index is 1.82. The van der Waals surface area contributed by atoms with Gasteiger partial charge in [-0.25, -0.2) is 0 Å². The number of halogens is 3. The average Bonchev–Trinajstić information content (AvgIpc) is 2.99. The van der Waals surface area contributed by atoms with Crippen LogP contribution < -0.4 is 5.32 Å². The van der Waals surface area contributed by atoms with E-state index in [9.17, 15) is 13.2 Å². The fourth-order valence-corrected chi connectivity index (χ4v) is 2.38. The highest BCUT2D eigenvalue weighted by atomic mass is 19.4. The van der Waals surface area contributed by atoms with Gasteiger partial charge in [-0.05, 0) is 32.2 Å². The normalized spacial score (nSPS) is 27.4. The third-order valence-electron chi connectivity index (χ3n) is 3.31. The fourth-order valence-electron chi connectivity index (χ4n) is 2.38. The van der Waals surface area contributed by atoms with E-state index in [1.165, 1.54) is 0 Å². The van der Waals surface area contributed by atoms with Gasteiger partial charge in [-0.1, -0.05) is 6.42 Å². The Kier molecular flexibility index (Phi) is 3.74. The van der Waals surface area contributed by atoms with Gasteiger partial charge in [0, 0.05) is 18.6 Å². The Morgan fingerprint density at radius 3 is 2.38 bits per heavy atom. The van der Waals surface area contributed by atoms with Crippen LogP contribution in [-0.2, 0) is 0 Å². The van der Waals surface area contributed by atoms with Gasteiger partial charge in [0.2, 0.25) is 0 Å². The van der Waals surface area contributed by atoms with E-state index in [0.717, 1.165) is 38.6 Å². The molecule has 1 N–H and O–H groups in total. The monoisotopic (exact) mass is 236 g/mol. The second-order valence-electron chi connectivity index (χ2n) is 4.92. The molecule has 1 saturated carbocycles. The van der Waals surface area contributed by atoms with Gasteiger partial charge in [0.1, 0.15) is 0 Å². The van der Waals surface area contributed by atoms with Crippen molar-refractivity contribution in [2.75, 3.05) is 19.6 Å². The van der Waals surface area contributed by atoms with Crippen molar-refractivity contribution < 1.29 is 13.2 Å². The molecule has 2 aliphatic rings. The molecule has 0 radical (unpaired) electrons. The molecule has 0 aromatic heterocycles. The van der Waals surface area contributed by atoms with Crippen LogP contribution in [0.25, 0.3) is 0 Å². The lowest BCUT2D eigenvalue weighted by Crippen LogP contribution is -2.47. The molecule has 2 rings (SSSR count). The van der Waals surface area contributed by atoms with Crippen molar-refractivity contribution in [3.05, 3.63) is 0 Å². The van der Waals surface area contributed by atoms with Crippen LogP contribution in [0.1, 0.15) is 32.1 Å². The molecule has 5 heteroatoms. The minimum Gasteiger partial charge on any atom is -0.313 e. The van der Waals surface area contributed by atoms with E-state index in [1.807, 2.05) is 0 Å². The highest BCUT2D eigenvalue weighted by Gasteiger charge is 2.38. The van der Waals surface area contributed by atoms with E-state index < -0.39 is 12.7 Å². The zero-order chi connectivity index (χ0) is 11.6. The predicted molar refractivity (Wildman–Crippen MR) is 56.3 cm³/mol. The van der Waals surface area contributed by atoms with Gasteiger partial charge in [0.05, 0.1) is 6.54 Å². The summed E-state index contributed by atoms with van der Waals surface area (Å²) >= 11 is 0. The lowest BCUT2D eigenvalue weighted by Gasteiger charge is -2.31. The molecule has 1 aliphatic carbocycles. The molecule has 2 nitrogen and oxygen atoms in total. The molecular weight excluding hydrogens is 217 g/mol. The van der Waals surface area contributed by atoms with Crippen LogP contribution in [0.2, 0.25) is 0 Å². The third-order valence-corrected chi connectivity index (χ3v) is 3.31. The van der Waals surface area contributed by atoms with E-state index in [1.54, 1.807) is 4.90 Å². The number of hydrogen-bond acceptors (Lipinski definition) is 2. The van der Waals surface area contributed by atoms with Crippen LogP contribution >= 0.6 is 0 Å². The summed E-state index contributed by atoms with van der Waals surface area (Å²) in [5, 5.41) is 3.31. The van der Waals surface area contributed by atoms with Crippen molar-refractivity contribution in [3.8, 4) is 0 Å². The van der Waals surface area contributed by atoms with Gasteiger partial charge in [-0.15, -0.1) is 0 Å². The lowest BCUT2D eigenvalue weighted by atomic mass is 10.0. The maximum Gasteiger partial charge on any atom is 0.401 e. The second-order valence-corrected chi connectivity index (χ2v) is 4.92. The molecule has 0 bridgehead atoms. The third kappa shape index (κ3) is 3.94. The molecule has 0 aromatic carbocycles. The Bertz CT molecular complexity index is 220. The number of rotatable bonds is 4. The summed E-state index contributed by atoms with van der Waals surface area (Å²) in [6.07, 6.45) is 1.12. The highest BCUT2D eigenvalue weighted by molar-refractivity contribution is 4.88. The van der Waals surface area contributed by atoms with E-state index >= 15 is 0 Å². The summed E-state index contributed by atoms with van der Waals surface area (Å²) in [6, 6.07) is 0.446. The van der Waals surface area contributed by atoms with Crippen LogP contribution in [0.4, 0.5) is 13.2 Å². The number of nitrogens with one attached hydrogen (secondary N) is 1. The smallest absolute Gasteiger partial charge is 0.313 e. The van der Waals surface area contributed by atoms with Gasteiger partial charge in [0.15, 0.2) is 0 Å². The van der Waals surface area contributed by atoms with Gasteiger partial charge in [-0.2, -0.15) is 13.2 Å². The first-order chi connectivity index (χ1) is 7.54. The van der Waals surface area contributed by atoms with Gasteiger partial charge < -0.3 is 5.32 Å². The summed E-state index contributed by atoms with van der Waals surface area (Å²) in [7, 11) is 0. The Hall–Kier alpha value is -0.290. The van der Waals surface area contributed by atoms with E-state index in [0.29, 0.717) is 6.54 Å². The summed E-state index contributed by atoms with van der Waals surface area (Å²) in [4.78, 5) is 1.61. The fraction of sp³-hybridized carbons (Fsp3) is 1.00. The lowest BCUT2D eigenvalue weighted by molar-refractivity contribution is -0.148. The topological polar surface area (TPSA) is 15.3 Å². The molecule has 16 heavy (non-hydrogen) atoms. The van der Waals surface area contributed by atoms with Crippen molar-refractivity contribution in [1.82, 2.24) is 10.2 Å². The zero-order valence-electron chi connectivity index (χ0n) is 9.39. The zero-order valence-corrected chi connectivity index (χ0v) is 9.39. The Labute approximate surface area is 94.2 Å². The molecule has 0 amide bonds. The minimum atomic E-state index is -4.06. The van der Waals surface area contributed by atoms with E-state index in [-0.39, 0.29) is 12.1 Å². The first-order valence-corrected chi connectivity index (χ1v) is 6.09. The molecule has 2 fully saturated rings. The standard InChI is InChI=1S/C11H19F3N2/c12-11(13,14)8-16(10-4-5-10)7-9-3-1-2-6-15-9/h9-10,15H,1-8H2. The second kappa shape index (κ2) is 4.92. The minimum absolute atomic E-state index is 0.186. The SMILES string of the molecule is FC(F)(F)CN(CC1CCCCN1)C1CC1. The molecule has 1 heterocycles. The average molecular weight is 236 g/mol. The number of nitrogens with zero attached hydrogens (tertiary/aromatic N) is 1. The largest absolute Gasteiger partial charge is 0.401 e. The molecule has 0 aromatic rings. The summed E-state index contributed by atoms with van der Waals surface area (Å²) in [5.74, 6) is 0. The highest BCUT2D eigenvalue weighted by Crippen LogP contribution is 2.30. The van der Waals surface area contributed by atoms with Gasteiger partial charge in [-0.3, -0.25) is 4.90 Å². The molecular formula is C11H19F3N2. The number of piperidine rings is 1. The van der Waals surface area contributed by atoms with Crippen molar-refractivity contribution >= 4 is 0 Å². The summed E-state index contributed by atoms with van der Waals surface area (Å²) in [5.41, 5.74) is 0. The van der Waals surface area contributed by atoms with Crippen molar-refractivity contribution in [2.24, 2.45) is 0 Å². The van der Waals surface area contributed by atoms with Crippen LogP contribution in [0.15, 0.2) is 0 Å². The van der Waals surface area contributed by atoms with Crippen LogP contribution in [0.3, 0.4) is 0 Å². The molecule has 0 spiro atoms. The van der Waals surface area contributed by atoms with Gasteiger partial charge >= 0.3 is 6.18 Å². The molecule has 94 valence electrons. The van der Waals surface area contributed by atoms with E-state index in [4.69, 9.17) is 0 Å². The molecule has 1 atom stereocenters. The van der Waals surface area contributed by atoms with Crippen molar-refractivity contribution in [2.45, 2.75) is 50.4 Å². The van der Waals surface area contributed by atoms with Crippen molar-refractivity contribution in [1.29, 1.82) is 0 Å². The van der Waals surface area contributed by atoms with Gasteiger partial charge in [0.25, 0.3) is 0 Å². The van der Waals surface area contributed by atoms with Crippen LogP contribution in [0, 0.1) is 0 Å². The summed E-state index contributed by atoms with van der Waals surface area (Å²) in [6.45, 7) is 0.773. The first-order valence-electron chi connectivity index (χ1n) is 6.09. The quantitative estimate of drug-likeness (QED) is 0.804. The first kappa shape index (κ1) is 12.2. The Morgan fingerprint density at radius 1 is 1.12 bits per heavy atom. The Morgan fingerprint density at radius 2 is 1.88 bits per heavy atom. The summed E-state index contributed by atoms with van der Waals surface area (Å²) < 4.78 is 37.2. The van der Waals surface area contributed by atoms with Crippen LogP contribution in [-0.4, -0.2) is 42.8 Å². The molecule has 1 unspecified atom stereocenters. The van der Waals surface area contributed by atoms with Crippen LogP contribution in [0.5, 0.6) is 0 Å². The maximum absolute atomic E-state index is 12.4. The van der Waals surface area contributed by atoms with E-state index in [2.05, 4.69) is 5.32 Å². The maximum atomic E-state index is 12.4. The number of hydrogen-bond donors (Lipinski definition) is 1. The molecule has 1 saturated heterocycles. The van der Waals surface area contributed by atoms with Crippen molar-refractivity contribution in [3.63, 3.8) is 0 Å². The predicted octanol–water partition coefficient (Wildman–Crippen LogP) is 2.16. The number of alkyl halides is 3.